The van der Waals surface area contributed by atoms with E-state index in [2.05, 4.69) is 41.9 Å². The molecule has 0 fully saturated rings. The van der Waals surface area contributed by atoms with Crippen LogP contribution >= 0.6 is 11.8 Å². The van der Waals surface area contributed by atoms with Gasteiger partial charge in [0, 0.05) is 12.2 Å². The number of benzene rings is 2. The first-order valence-electron chi connectivity index (χ1n) is 10.5. The van der Waals surface area contributed by atoms with Crippen LogP contribution in [0.4, 0.5) is 5.69 Å². The Morgan fingerprint density at radius 2 is 1.80 bits per heavy atom. The Balaban J connectivity index is 1.63. The quantitative estimate of drug-likeness (QED) is 0.603. The summed E-state index contributed by atoms with van der Waals surface area (Å²) < 4.78 is 0. The van der Waals surface area contributed by atoms with Gasteiger partial charge in [0.05, 0.1) is 6.04 Å². The third-order valence-corrected chi connectivity index (χ3v) is 6.13. The summed E-state index contributed by atoms with van der Waals surface area (Å²) in [5, 5.41) is 9.23. The number of fused-ring (bicyclic) bond motifs is 1. The first kappa shape index (κ1) is 22.4. The Morgan fingerprint density at radius 1 is 1.10 bits per heavy atom. The molecular formula is C24H31N3O2S. The number of carbonyl (C=O) groups is 2. The molecule has 3 rings (SSSR count). The lowest BCUT2D eigenvalue weighted by molar-refractivity contribution is -0.128. The zero-order valence-corrected chi connectivity index (χ0v) is 18.7. The minimum absolute atomic E-state index is 0.124. The molecule has 0 saturated heterocycles. The summed E-state index contributed by atoms with van der Waals surface area (Å²) in [5.41, 5.74) is 4.39. The van der Waals surface area contributed by atoms with E-state index in [1.54, 1.807) is 11.8 Å². The van der Waals surface area contributed by atoms with Gasteiger partial charge in [0.1, 0.15) is 6.04 Å². The fourth-order valence-electron chi connectivity index (χ4n) is 3.60. The van der Waals surface area contributed by atoms with Crippen molar-refractivity contribution in [2.75, 3.05) is 17.3 Å². The van der Waals surface area contributed by atoms with Crippen LogP contribution < -0.4 is 16.0 Å². The zero-order chi connectivity index (χ0) is 21.5. The first-order chi connectivity index (χ1) is 14.5. The van der Waals surface area contributed by atoms with Gasteiger partial charge in [-0.25, -0.2) is 0 Å². The van der Waals surface area contributed by atoms with E-state index in [1.807, 2.05) is 42.7 Å². The standard InChI is InChI=1S/C24H31N3O2S/c1-16(2)17-8-10-20(11-9-17)26-23(28)21(12-13-30-3)27-24(29)22-14-18-6-4-5-7-19(18)15-25-22/h4-11,16,21-22,25H,12-15H2,1-3H3,(H,26,28)(H,27,29)/t21-,22+/m1/s1. The van der Waals surface area contributed by atoms with Crippen molar-refractivity contribution in [2.45, 2.75) is 51.2 Å². The van der Waals surface area contributed by atoms with Crippen LogP contribution in [-0.4, -0.2) is 35.9 Å². The Kier molecular flexibility index (Phi) is 7.94. The van der Waals surface area contributed by atoms with Crippen molar-refractivity contribution in [3.8, 4) is 0 Å². The minimum atomic E-state index is -0.561. The second-order valence-corrected chi connectivity index (χ2v) is 9.00. The van der Waals surface area contributed by atoms with Crippen molar-refractivity contribution in [3.63, 3.8) is 0 Å². The van der Waals surface area contributed by atoms with Crippen molar-refractivity contribution in [1.29, 1.82) is 0 Å². The van der Waals surface area contributed by atoms with E-state index in [0.717, 1.165) is 11.4 Å². The van der Waals surface area contributed by atoms with Crippen molar-refractivity contribution in [3.05, 3.63) is 65.2 Å². The predicted molar refractivity (Wildman–Crippen MR) is 125 cm³/mol. The number of anilines is 1. The molecule has 1 aliphatic heterocycles. The van der Waals surface area contributed by atoms with Crippen LogP contribution in [0.2, 0.25) is 0 Å². The van der Waals surface area contributed by atoms with Gasteiger partial charge in [-0.05, 0) is 59.6 Å². The van der Waals surface area contributed by atoms with Crippen LogP contribution in [0, 0.1) is 0 Å². The predicted octanol–water partition coefficient (Wildman–Crippen LogP) is 3.70. The lowest BCUT2D eigenvalue weighted by Crippen LogP contribution is -2.53. The molecule has 0 aromatic heterocycles. The van der Waals surface area contributed by atoms with E-state index in [4.69, 9.17) is 0 Å². The molecule has 160 valence electrons. The van der Waals surface area contributed by atoms with Crippen molar-refractivity contribution >= 4 is 29.3 Å². The number of carbonyl (C=O) groups excluding carboxylic acids is 2. The van der Waals surface area contributed by atoms with Crippen LogP contribution in [0.15, 0.2) is 48.5 Å². The third-order valence-electron chi connectivity index (χ3n) is 5.49. The van der Waals surface area contributed by atoms with Gasteiger partial charge in [-0.15, -0.1) is 0 Å². The van der Waals surface area contributed by atoms with Gasteiger partial charge < -0.3 is 16.0 Å². The van der Waals surface area contributed by atoms with Crippen LogP contribution in [0.25, 0.3) is 0 Å². The van der Waals surface area contributed by atoms with Crippen molar-refractivity contribution < 1.29 is 9.59 Å². The molecule has 2 aromatic rings. The molecule has 0 aliphatic carbocycles. The Hall–Kier alpha value is -2.31. The van der Waals surface area contributed by atoms with Gasteiger partial charge in [0.15, 0.2) is 0 Å². The first-order valence-corrected chi connectivity index (χ1v) is 11.9. The molecule has 1 heterocycles. The number of thioether (sulfide) groups is 1. The zero-order valence-electron chi connectivity index (χ0n) is 17.9. The summed E-state index contributed by atoms with van der Waals surface area (Å²) in [6, 6.07) is 15.2. The molecule has 0 spiro atoms. The lowest BCUT2D eigenvalue weighted by atomic mass is 9.95. The van der Waals surface area contributed by atoms with Gasteiger partial charge in [-0.1, -0.05) is 50.2 Å². The summed E-state index contributed by atoms with van der Waals surface area (Å²) in [5.74, 6) is 0.939. The van der Waals surface area contributed by atoms with Crippen LogP contribution in [-0.2, 0) is 22.6 Å². The van der Waals surface area contributed by atoms with Crippen LogP contribution in [0.5, 0.6) is 0 Å². The highest BCUT2D eigenvalue weighted by molar-refractivity contribution is 7.98. The molecule has 0 bridgehead atoms. The summed E-state index contributed by atoms with van der Waals surface area (Å²) in [4.78, 5) is 25.8. The van der Waals surface area contributed by atoms with Crippen LogP contribution in [0.1, 0.15) is 42.9 Å². The SMILES string of the molecule is CSCC[C@@H](NC(=O)[C@@H]1Cc2ccccc2CN1)C(=O)Nc1ccc(C(C)C)cc1. The van der Waals surface area contributed by atoms with Crippen molar-refractivity contribution in [2.24, 2.45) is 0 Å². The second-order valence-electron chi connectivity index (χ2n) is 8.01. The topological polar surface area (TPSA) is 70.2 Å². The summed E-state index contributed by atoms with van der Waals surface area (Å²) >= 11 is 1.67. The van der Waals surface area contributed by atoms with E-state index in [0.29, 0.717) is 25.3 Å². The molecule has 0 radical (unpaired) electrons. The van der Waals surface area contributed by atoms with E-state index in [1.165, 1.54) is 16.7 Å². The van der Waals surface area contributed by atoms with E-state index in [9.17, 15) is 9.59 Å². The van der Waals surface area contributed by atoms with Gasteiger partial charge in [-0.3, -0.25) is 9.59 Å². The molecule has 2 amide bonds. The van der Waals surface area contributed by atoms with E-state index >= 15 is 0 Å². The Morgan fingerprint density at radius 3 is 2.47 bits per heavy atom. The molecule has 1 aliphatic rings. The number of rotatable bonds is 8. The number of amides is 2. The Labute approximate surface area is 183 Å². The molecular weight excluding hydrogens is 394 g/mol. The largest absolute Gasteiger partial charge is 0.343 e. The summed E-state index contributed by atoms with van der Waals surface area (Å²) in [6.45, 7) is 4.94. The number of nitrogens with one attached hydrogen (secondary N) is 3. The minimum Gasteiger partial charge on any atom is -0.343 e. The van der Waals surface area contributed by atoms with Crippen LogP contribution in [0.3, 0.4) is 0 Å². The third kappa shape index (κ3) is 5.86. The molecule has 6 heteroatoms. The average molecular weight is 426 g/mol. The van der Waals surface area contributed by atoms with E-state index in [-0.39, 0.29) is 17.9 Å². The number of hydrogen-bond donors (Lipinski definition) is 3. The molecule has 2 aromatic carbocycles. The molecule has 3 N–H and O–H groups in total. The smallest absolute Gasteiger partial charge is 0.246 e. The highest BCUT2D eigenvalue weighted by Crippen LogP contribution is 2.18. The van der Waals surface area contributed by atoms with Crippen molar-refractivity contribution in [1.82, 2.24) is 10.6 Å². The highest BCUT2D eigenvalue weighted by atomic mass is 32.2. The highest BCUT2D eigenvalue weighted by Gasteiger charge is 2.28. The van der Waals surface area contributed by atoms with Gasteiger partial charge in [-0.2, -0.15) is 11.8 Å². The average Bonchev–Trinajstić information content (AvgIpc) is 2.76. The molecule has 0 saturated carbocycles. The molecule has 0 unspecified atom stereocenters. The Bertz CT molecular complexity index is 867. The van der Waals surface area contributed by atoms with Gasteiger partial charge in [0.25, 0.3) is 0 Å². The number of hydrogen-bond acceptors (Lipinski definition) is 4. The maximum absolute atomic E-state index is 12.9. The fourth-order valence-corrected chi connectivity index (χ4v) is 4.07. The van der Waals surface area contributed by atoms with Gasteiger partial charge >= 0.3 is 0 Å². The maximum Gasteiger partial charge on any atom is 0.246 e. The molecule has 2 atom stereocenters. The normalized spacial score (nSPS) is 16.6. The fraction of sp³-hybridized carbons (Fsp3) is 0.417. The summed E-state index contributed by atoms with van der Waals surface area (Å²) in [7, 11) is 0. The van der Waals surface area contributed by atoms with Gasteiger partial charge in [0.2, 0.25) is 11.8 Å². The molecule has 30 heavy (non-hydrogen) atoms. The monoisotopic (exact) mass is 425 g/mol. The second kappa shape index (κ2) is 10.6. The maximum atomic E-state index is 12.9. The summed E-state index contributed by atoms with van der Waals surface area (Å²) in [6.07, 6.45) is 3.22. The van der Waals surface area contributed by atoms with E-state index < -0.39 is 6.04 Å². The molecule has 5 nitrogen and oxygen atoms in total. The lowest BCUT2D eigenvalue weighted by Gasteiger charge is -2.27.